The van der Waals surface area contributed by atoms with Crippen LogP contribution < -0.4 is 15.2 Å². The summed E-state index contributed by atoms with van der Waals surface area (Å²) in [6.45, 7) is 6.02. The third-order valence-corrected chi connectivity index (χ3v) is 3.13. The summed E-state index contributed by atoms with van der Waals surface area (Å²) >= 11 is 0. The van der Waals surface area contributed by atoms with Crippen LogP contribution in [0.5, 0.6) is 11.5 Å². The second kappa shape index (κ2) is 5.73. The van der Waals surface area contributed by atoms with Crippen molar-refractivity contribution >= 4 is 0 Å². The fraction of sp³-hybridized carbons (Fsp3) is 0.467. The molecule has 6 heteroatoms. The van der Waals surface area contributed by atoms with Crippen LogP contribution in [0.4, 0.5) is 0 Å². The molecule has 1 aromatic heterocycles. The molecule has 0 aliphatic carbocycles. The van der Waals surface area contributed by atoms with Gasteiger partial charge < -0.3 is 19.7 Å². The minimum absolute atomic E-state index is 0.206. The molecule has 0 bridgehead atoms. The van der Waals surface area contributed by atoms with Gasteiger partial charge in [-0.1, -0.05) is 32.0 Å². The molecule has 1 unspecified atom stereocenters. The van der Waals surface area contributed by atoms with Gasteiger partial charge in [0.25, 0.3) is 0 Å². The van der Waals surface area contributed by atoms with E-state index < -0.39 is 6.04 Å². The Morgan fingerprint density at radius 1 is 1.14 bits per heavy atom. The molecule has 6 nitrogen and oxygen atoms in total. The van der Waals surface area contributed by atoms with Crippen LogP contribution in [0.3, 0.4) is 0 Å². The van der Waals surface area contributed by atoms with E-state index in [0.717, 1.165) is 5.56 Å². The number of nitrogens with zero attached hydrogens (tertiary/aromatic N) is 2. The maximum absolute atomic E-state index is 6.21. The minimum Gasteiger partial charge on any atom is -0.493 e. The van der Waals surface area contributed by atoms with Crippen LogP contribution in [0.15, 0.2) is 22.7 Å². The third kappa shape index (κ3) is 3.16. The lowest BCUT2D eigenvalue weighted by Gasteiger charge is -2.13. The minimum atomic E-state index is -0.482. The van der Waals surface area contributed by atoms with Crippen molar-refractivity contribution in [1.82, 2.24) is 10.1 Å². The Morgan fingerprint density at radius 3 is 2.33 bits per heavy atom. The van der Waals surface area contributed by atoms with E-state index in [1.165, 1.54) is 0 Å². The molecule has 0 fully saturated rings. The molecule has 21 heavy (non-hydrogen) atoms. The monoisotopic (exact) mass is 291 g/mol. The standard InChI is InChI=1S/C15H21N3O3/c1-15(2,3)14-17-13(18-21-14)12(16)9-6-7-10(19-4)11(8-9)20-5/h6-8,12H,16H2,1-5H3. The van der Waals surface area contributed by atoms with E-state index in [4.69, 9.17) is 19.7 Å². The van der Waals surface area contributed by atoms with Crippen LogP contribution >= 0.6 is 0 Å². The number of aromatic nitrogens is 2. The van der Waals surface area contributed by atoms with Gasteiger partial charge >= 0.3 is 0 Å². The van der Waals surface area contributed by atoms with Gasteiger partial charge in [-0.2, -0.15) is 4.98 Å². The molecule has 1 heterocycles. The molecule has 0 amide bonds. The summed E-state index contributed by atoms with van der Waals surface area (Å²) in [7, 11) is 3.17. The molecule has 1 atom stereocenters. The number of rotatable bonds is 4. The first-order valence-electron chi connectivity index (χ1n) is 6.68. The van der Waals surface area contributed by atoms with E-state index in [-0.39, 0.29) is 5.41 Å². The highest BCUT2D eigenvalue weighted by Crippen LogP contribution is 2.31. The highest BCUT2D eigenvalue weighted by molar-refractivity contribution is 5.44. The van der Waals surface area contributed by atoms with E-state index in [1.54, 1.807) is 20.3 Å². The van der Waals surface area contributed by atoms with Gasteiger partial charge in [0.1, 0.15) is 0 Å². The predicted molar refractivity (Wildman–Crippen MR) is 78.6 cm³/mol. The average molecular weight is 291 g/mol. The van der Waals surface area contributed by atoms with Crippen LogP contribution in [0.1, 0.15) is 44.1 Å². The second-order valence-corrected chi connectivity index (χ2v) is 5.80. The molecule has 0 aliphatic rings. The lowest BCUT2D eigenvalue weighted by atomic mass is 9.97. The fourth-order valence-corrected chi connectivity index (χ4v) is 1.86. The van der Waals surface area contributed by atoms with Crippen molar-refractivity contribution in [3.8, 4) is 11.5 Å². The van der Waals surface area contributed by atoms with Crippen molar-refractivity contribution in [3.63, 3.8) is 0 Å². The first kappa shape index (κ1) is 15.3. The number of ether oxygens (including phenoxy) is 2. The fourth-order valence-electron chi connectivity index (χ4n) is 1.86. The van der Waals surface area contributed by atoms with Crippen molar-refractivity contribution < 1.29 is 14.0 Å². The Bertz CT molecular complexity index is 617. The van der Waals surface area contributed by atoms with Crippen LogP contribution in [-0.2, 0) is 5.41 Å². The van der Waals surface area contributed by atoms with Gasteiger partial charge in [-0.3, -0.25) is 0 Å². The van der Waals surface area contributed by atoms with Gasteiger partial charge in [0.15, 0.2) is 17.3 Å². The Hall–Kier alpha value is -2.08. The number of methoxy groups -OCH3 is 2. The highest BCUT2D eigenvalue weighted by Gasteiger charge is 2.24. The molecule has 0 saturated heterocycles. The summed E-state index contributed by atoms with van der Waals surface area (Å²) in [4.78, 5) is 4.38. The Balaban J connectivity index is 2.31. The molecule has 0 aliphatic heterocycles. The topological polar surface area (TPSA) is 83.4 Å². The quantitative estimate of drug-likeness (QED) is 0.931. The molecule has 2 rings (SSSR count). The second-order valence-electron chi connectivity index (χ2n) is 5.80. The lowest BCUT2D eigenvalue weighted by Crippen LogP contribution is -2.15. The van der Waals surface area contributed by atoms with Crippen molar-refractivity contribution in [2.45, 2.75) is 32.2 Å². The molecular formula is C15H21N3O3. The molecule has 2 aromatic rings. The normalized spacial score (nSPS) is 13.0. The van der Waals surface area contributed by atoms with Gasteiger partial charge in [0.2, 0.25) is 5.89 Å². The van der Waals surface area contributed by atoms with E-state index in [0.29, 0.717) is 23.2 Å². The van der Waals surface area contributed by atoms with Crippen molar-refractivity contribution in [3.05, 3.63) is 35.5 Å². The first-order chi connectivity index (χ1) is 9.86. The first-order valence-corrected chi connectivity index (χ1v) is 6.68. The van der Waals surface area contributed by atoms with Crippen LogP contribution in [0, 0.1) is 0 Å². The predicted octanol–water partition coefficient (Wildman–Crippen LogP) is 2.43. The van der Waals surface area contributed by atoms with Crippen molar-refractivity contribution in [2.75, 3.05) is 14.2 Å². The zero-order valence-electron chi connectivity index (χ0n) is 13.0. The highest BCUT2D eigenvalue weighted by atomic mass is 16.5. The van der Waals surface area contributed by atoms with Gasteiger partial charge in [0.05, 0.1) is 20.3 Å². The Labute approximate surface area is 124 Å². The number of hydrogen-bond donors (Lipinski definition) is 1. The summed E-state index contributed by atoms with van der Waals surface area (Å²) in [5.41, 5.74) is 6.83. The molecular weight excluding hydrogens is 270 g/mol. The van der Waals surface area contributed by atoms with Crippen LogP contribution in [0.25, 0.3) is 0 Å². The SMILES string of the molecule is COc1ccc(C(N)c2noc(C(C)(C)C)n2)cc1OC. The molecule has 1 aromatic carbocycles. The van der Waals surface area contributed by atoms with Gasteiger partial charge in [-0.05, 0) is 17.7 Å². The largest absolute Gasteiger partial charge is 0.493 e. The zero-order valence-corrected chi connectivity index (χ0v) is 13.0. The van der Waals surface area contributed by atoms with E-state index >= 15 is 0 Å². The van der Waals surface area contributed by atoms with Crippen molar-refractivity contribution in [2.24, 2.45) is 5.73 Å². The van der Waals surface area contributed by atoms with Gasteiger partial charge in [0, 0.05) is 5.41 Å². The summed E-state index contributed by atoms with van der Waals surface area (Å²) in [6, 6.07) is 5.00. The maximum Gasteiger partial charge on any atom is 0.232 e. The average Bonchev–Trinajstić information content (AvgIpc) is 2.95. The molecule has 0 saturated carbocycles. The summed E-state index contributed by atoms with van der Waals surface area (Å²) in [5, 5.41) is 3.97. The van der Waals surface area contributed by atoms with Crippen molar-refractivity contribution in [1.29, 1.82) is 0 Å². The van der Waals surface area contributed by atoms with Gasteiger partial charge in [-0.15, -0.1) is 0 Å². The van der Waals surface area contributed by atoms with Gasteiger partial charge in [-0.25, -0.2) is 0 Å². The Morgan fingerprint density at radius 2 is 1.81 bits per heavy atom. The smallest absolute Gasteiger partial charge is 0.232 e. The van der Waals surface area contributed by atoms with Crippen LogP contribution in [-0.4, -0.2) is 24.4 Å². The van der Waals surface area contributed by atoms with E-state index in [9.17, 15) is 0 Å². The molecule has 0 radical (unpaired) electrons. The van der Waals surface area contributed by atoms with Crippen LogP contribution in [0.2, 0.25) is 0 Å². The Kier molecular flexibility index (Phi) is 4.18. The summed E-state index contributed by atoms with van der Waals surface area (Å²) < 4.78 is 15.8. The maximum atomic E-state index is 6.21. The molecule has 114 valence electrons. The number of hydrogen-bond acceptors (Lipinski definition) is 6. The zero-order chi connectivity index (χ0) is 15.6. The molecule has 0 spiro atoms. The number of benzene rings is 1. The summed E-state index contributed by atoms with van der Waals surface area (Å²) in [5.74, 6) is 2.28. The van der Waals surface area contributed by atoms with E-state index in [2.05, 4.69) is 10.1 Å². The lowest BCUT2D eigenvalue weighted by molar-refractivity contribution is 0.317. The summed E-state index contributed by atoms with van der Waals surface area (Å²) in [6.07, 6.45) is 0. The molecule has 2 N–H and O–H groups in total. The van der Waals surface area contributed by atoms with E-state index in [1.807, 2.05) is 32.9 Å². The third-order valence-electron chi connectivity index (χ3n) is 3.13. The number of nitrogens with two attached hydrogens (primary N) is 1.